The zero-order valence-corrected chi connectivity index (χ0v) is 7.15. The van der Waals surface area contributed by atoms with Crippen LogP contribution in [0.5, 0.6) is 0 Å². The van der Waals surface area contributed by atoms with E-state index in [0.717, 1.165) is 4.90 Å². The topological polar surface area (TPSA) is 104 Å². The summed E-state index contributed by atoms with van der Waals surface area (Å²) in [5.41, 5.74) is 0. The zero-order valence-electron chi connectivity index (χ0n) is 7.15. The van der Waals surface area contributed by atoms with Gasteiger partial charge in [-0.05, 0) is 0 Å². The van der Waals surface area contributed by atoms with Gasteiger partial charge in [-0.15, -0.1) is 0 Å². The molecule has 0 spiro atoms. The Bertz CT molecular complexity index is 295. The molecule has 1 aliphatic rings. The van der Waals surface area contributed by atoms with Gasteiger partial charge in [0.15, 0.2) is 0 Å². The summed E-state index contributed by atoms with van der Waals surface area (Å²) >= 11 is 0. The van der Waals surface area contributed by atoms with E-state index in [4.69, 9.17) is 5.11 Å². The molecule has 7 heteroatoms. The molecule has 0 atom stereocenters. The van der Waals surface area contributed by atoms with Crippen LogP contribution in [0.25, 0.3) is 0 Å². The average molecular weight is 200 g/mol. The summed E-state index contributed by atoms with van der Waals surface area (Å²) in [7, 11) is 0. The molecule has 1 heterocycles. The van der Waals surface area contributed by atoms with E-state index in [1.807, 2.05) is 5.32 Å². The Balaban J connectivity index is 2.59. The molecule has 0 aromatic rings. The van der Waals surface area contributed by atoms with Crippen molar-refractivity contribution >= 4 is 23.7 Å². The number of hydrogen-bond donors (Lipinski definition) is 2. The zero-order chi connectivity index (χ0) is 10.7. The van der Waals surface area contributed by atoms with Crippen LogP contribution in [-0.4, -0.2) is 46.8 Å². The summed E-state index contributed by atoms with van der Waals surface area (Å²) in [5.74, 6) is -3.21. The predicted octanol–water partition coefficient (Wildman–Crippen LogP) is -2.05. The van der Waals surface area contributed by atoms with Crippen molar-refractivity contribution in [2.45, 2.75) is 6.42 Å². The highest BCUT2D eigenvalue weighted by Crippen LogP contribution is 1.98. The third kappa shape index (κ3) is 2.54. The molecular formula is C7H8N2O5. The second-order valence-electron chi connectivity index (χ2n) is 2.79. The molecule has 0 aliphatic carbocycles. The van der Waals surface area contributed by atoms with Crippen LogP contribution in [0.1, 0.15) is 6.42 Å². The highest BCUT2D eigenvalue weighted by atomic mass is 16.4. The van der Waals surface area contributed by atoms with Crippen molar-refractivity contribution in [3.63, 3.8) is 0 Å². The second-order valence-corrected chi connectivity index (χ2v) is 2.79. The fraction of sp³-hybridized carbons (Fsp3) is 0.429. The van der Waals surface area contributed by atoms with Crippen molar-refractivity contribution in [3.8, 4) is 0 Å². The minimum atomic E-state index is -1.28. The first-order chi connectivity index (χ1) is 6.49. The molecule has 0 aromatic carbocycles. The van der Waals surface area contributed by atoms with Gasteiger partial charge in [-0.25, -0.2) is 0 Å². The molecule has 0 bridgehead atoms. The molecule has 1 aliphatic heterocycles. The smallest absolute Gasteiger partial charge is 0.312 e. The normalized spacial score (nSPS) is 16.4. The maximum absolute atomic E-state index is 11.1. The van der Waals surface area contributed by atoms with Crippen molar-refractivity contribution in [2.75, 3.05) is 13.1 Å². The van der Waals surface area contributed by atoms with Gasteiger partial charge in [-0.1, -0.05) is 0 Å². The lowest BCUT2D eigenvalue weighted by Crippen LogP contribution is -2.53. The lowest BCUT2D eigenvalue weighted by atomic mass is 10.3. The Morgan fingerprint density at radius 1 is 1.29 bits per heavy atom. The molecule has 76 valence electrons. The fourth-order valence-electron chi connectivity index (χ4n) is 1.05. The van der Waals surface area contributed by atoms with Crippen LogP contribution in [0.4, 0.5) is 0 Å². The first-order valence-electron chi connectivity index (χ1n) is 3.81. The molecule has 3 amide bonds. The molecule has 7 nitrogen and oxygen atoms in total. The first-order valence-corrected chi connectivity index (χ1v) is 3.81. The van der Waals surface area contributed by atoms with Crippen LogP contribution >= 0.6 is 0 Å². The van der Waals surface area contributed by atoms with Crippen LogP contribution in [-0.2, 0) is 19.2 Å². The molecule has 1 fully saturated rings. The van der Waals surface area contributed by atoms with Crippen molar-refractivity contribution in [1.82, 2.24) is 10.2 Å². The molecule has 0 radical (unpaired) electrons. The number of piperazine rings is 1. The SMILES string of the molecule is O=C(O)CC(=O)N1CC(=O)NC(=O)C1. The Kier molecular flexibility index (Phi) is 2.80. The van der Waals surface area contributed by atoms with Gasteiger partial charge in [0, 0.05) is 0 Å². The van der Waals surface area contributed by atoms with E-state index in [-0.39, 0.29) is 13.1 Å². The Morgan fingerprint density at radius 2 is 1.79 bits per heavy atom. The largest absolute Gasteiger partial charge is 0.481 e. The van der Waals surface area contributed by atoms with E-state index in [1.54, 1.807) is 0 Å². The molecule has 14 heavy (non-hydrogen) atoms. The fourth-order valence-corrected chi connectivity index (χ4v) is 1.05. The number of aliphatic carboxylic acids is 1. The van der Waals surface area contributed by atoms with E-state index in [2.05, 4.69) is 0 Å². The number of rotatable bonds is 2. The van der Waals surface area contributed by atoms with Crippen LogP contribution in [0, 0.1) is 0 Å². The van der Waals surface area contributed by atoms with Gasteiger partial charge >= 0.3 is 5.97 Å². The van der Waals surface area contributed by atoms with Gasteiger partial charge in [0.05, 0.1) is 0 Å². The van der Waals surface area contributed by atoms with E-state index < -0.39 is 30.1 Å². The summed E-state index contributed by atoms with van der Waals surface area (Å²) in [4.78, 5) is 43.8. The number of amides is 3. The van der Waals surface area contributed by atoms with Gasteiger partial charge in [-0.2, -0.15) is 0 Å². The summed E-state index contributed by atoms with van der Waals surface area (Å²) in [5, 5.41) is 10.3. The minimum absolute atomic E-state index is 0.266. The molecule has 0 aromatic heterocycles. The number of imide groups is 1. The number of hydrogen-bond acceptors (Lipinski definition) is 4. The Hall–Kier alpha value is -1.92. The van der Waals surface area contributed by atoms with Crippen LogP contribution in [0.3, 0.4) is 0 Å². The van der Waals surface area contributed by atoms with E-state index in [1.165, 1.54) is 0 Å². The average Bonchev–Trinajstić information content (AvgIpc) is 2.00. The van der Waals surface area contributed by atoms with Crippen LogP contribution in [0.2, 0.25) is 0 Å². The quantitative estimate of drug-likeness (QED) is 0.394. The monoisotopic (exact) mass is 200 g/mol. The van der Waals surface area contributed by atoms with E-state index in [9.17, 15) is 19.2 Å². The second kappa shape index (κ2) is 3.86. The molecule has 0 unspecified atom stereocenters. The summed E-state index contributed by atoms with van der Waals surface area (Å²) in [6, 6.07) is 0. The van der Waals surface area contributed by atoms with Crippen molar-refractivity contribution in [1.29, 1.82) is 0 Å². The summed E-state index contributed by atoms with van der Waals surface area (Å²) in [6.07, 6.45) is -0.708. The van der Waals surface area contributed by atoms with E-state index in [0.29, 0.717) is 0 Å². The minimum Gasteiger partial charge on any atom is -0.481 e. The van der Waals surface area contributed by atoms with Crippen molar-refractivity contribution in [2.24, 2.45) is 0 Å². The maximum Gasteiger partial charge on any atom is 0.312 e. The molecule has 0 saturated carbocycles. The standard InChI is InChI=1S/C7H8N2O5/c10-4-2-9(3-5(11)8-4)6(12)1-7(13)14/h1-3H2,(H,13,14)(H,8,10,11). The van der Waals surface area contributed by atoms with Crippen molar-refractivity contribution in [3.05, 3.63) is 0 Å². The number of carboxylic acid groups (broad SMARTS) is 1. The van der Waals surface area contributed by atoms with Gasteiger partial charge in [0.1, 0.15) is 19.5 Å². The Labute approximate surface area is 78.7 Å². The van der Waals surface area contributed by atoms with Crippen molar-refractivity contribution < 1.29 is 24.3 Å². The molecular weight excluding hydrogens is 192 g/mol. The van der Waals surface area contributed by atoms with Crippen LogP contribution in [0.15, 0.2) is 0 Å². The molecule has 1 rings (SSSR count). The lowest BCUT2D eigenvalue weighted by Gasteiger charge is -2.24. The predicted molar refractivity (Wildman–Crippen MR) is 42.0 cm³/mol. The van der Waals surface area contributed by atoms with Gasteiger partial charge in [-0.3, -0.25) is 24.5 Å². The first kappa shape index (κ1) is 10.2. The third-order valence-electron chi connectivity index (χ3n) is 1.60. The Morgan fingerprint density at radius 3 is 2.21 bits per heavy atom. The molecule has 2 N–H and O–H groups in total. The highest BCUT2D eigenvalue weighted by molar-refractivity contribution is 6.04. The molecule has 1 saturated heterocycles. The van der Waals surface area contributed by atoms with Gasteiger partial charge in [0.2, 0.25) is 17.7 Å². The number of carboxylic acids is 1. The number of nitrogens with zero attached hydrogens (tertiary/aromatic N) is 1. The van der Waals surface area contributed by atoms with E-state index >= 15 is 0 Å². The number of nitrogens with one attached hydrogen (secondary N) is 1. The highest BCUT2D eigenvalue weighted by Gasteiger charge is 2.27. The summed E-state index contributed by atoms with van der Waals surface area (Å²) in [6.45, 7) is -0.532. The lowest BCUT2D eigenvalue weighted by molar-refractivity contribution is -0.150. The van der Waals surface area contributed by atoms with Crippen LogP contribution < -0.4 is 5.32 Å². The van der Waals surface area contributed by atoms with Gasteiger partial charge < -0.3 is 10.0 Å². The third-order valence-corrected chi connectivity index (χ3v) is 1.60. The summed E-state index contributed by atoms with van der Waals surface area (Å²) < 4.78 is 0. The number of carbonyl (C=O) groups is 4. The maximum atomic E-state index is 11.1. The number of carbonyl (C=O) groups excluding carboxylic acids is 3. The van der Waals surface area contributed by atoms with Gasteiger partial charge in [0.25, 0.3) is 0 Å².